The van der Waals surface area contributed by atoms with Gasteiger partial charge in [0.1, 0.15) is 11.5 Å². The maximum absolute atomic E-state index is 11.8. The van der Waals surface area contributed by atoms with E-state index in [0.29, 0.717) is 0 Å². The number of nitrogens with one attached hydrogen (secondary N) is 1. The van der Waals surface area contributed by atoms with E-state index in [1.54, 1.807) is 0 Å². The third kappa shape index (κ3) is 4.21. The monoisotopic (exact) mass is 296 g/mol. The van der Waals surface area contributed by atoms with Gasteiger partial charge in [-0.25, -0.2) is 5.43 Å². The van der Waals surface area contributed by atoms with Crippen LogP contribution in [0.5, 0.6) is 11.5 Å². The van der Waals surface area contributed by atoms with Crippen LogP contribution in [0.4, 0.5) is 0 Å². The Bertz CT molecular complexity index is 722. The number of hydrogen-bond donors (Lipinski definition) is 3. The minimum atomic E-state index is -0.554. The zero-order chi connectivity index (χ0) is 15.9. The molecule has 2 rings (SSSR count). The first-order valence-corrected chi connectivity index (χ1v) is 6.65. The number of allylic oxidation sites excluding steroid dienone is 1. The standard InChI is InChI=1S/C17H16N2O3/c1-12(9-13-5-3-2-4-6-13)11-18-19-17(22)15-8-7-14(20)10-16(15)21/h2-11,20-21H,1H3,(H,19,22)/b12-9-,18-11+. The molecule has 0 unspecified atom stereocenters. The first kappa shape index (κ1) is 15.3. The molecule has 0 radical (unpaired) electrons. The van der Waals surface area contributed by atoms with Crippen molar-refractivity contribution in [2.45, 2.75) is 6.92 Å². The quantitative estimate of drug-likeness (QED) is 0.599. The molecule has 0 aliphatic carbocycles. The second kappa shape index (κ2) is 7.08. The Labute approximate surface area is 128 Å². The molecule has 0 heterocycles. The number of amides is 1. The van der Waals surface area contributed by atoms with E-state index < -0.39 is 5.91 Å². The maximum atomic E-state index is 11.8. The van der Waals surface area contributed by atoms with Crippen molar-refractivity contribution in [2.75, 3.05) is 0 Å². The van der Waals surface area contributed by atoms with Gasteiger partial charge in [-0.2, -0.15) is 5.10 Å². The van der Waals surface area contributed by atoms with Crippen molar-refractivity contribution in [3.05, 3.63) is 65.2 Å². The van der Waals surface area contributed by atoms with Crippen molar-refractivity contribution in [1.82, 2.24) is 5.43 Å². The van der Waals surface area contributed by atoms with Crippen LogP contribution in [0.2, 0.25) is 0 Å². The summed E-state index contributed by atoms with van der Waals surface area (Å²) in [6.07, 6.45) is 3.44. The fourth-order valence-corrected chi connectivity index (χ4v) is 1.81. The van der Waals surface area contributed by atoms with Gasteiger partial charge in [0.25, 0.3) is 5.91 Å². The van der Waals surface area contributed by atoms with Gasteiger partial charge in [-0.05, 0) is 30.2 Å². The Balaban J connectivity index is 2.00. The lowest BCUT2D eigenvalue weighted by atomic mass is 10.1. The molecule has 2 aromatic carbocycles. The highest BCUT2D eigenvalue weighted by Gasteiger charge is 2.10. The minimum Gasteiger partial charge on any atom is -0.508 e. The van der Waals surface area contributed by atoms with Gasteiger partial charge in [0.15, 0.2) is 0 Å². The molecule has 0 aliphatic heterocycles. The number of aromatic hydroxyl groups is 2. The van der Waals surface area contributed by atoms with E-state index in [9.17, 15) is 15.0 Å². The Morgan fingerprint density at radius 1 is 1.14 bits per heavy atom. The molecule has 2 aromatic rings. The van der Waals surface area contributed by atoms with Crippen LogP contribution in [0.25, 0.3) is 6.08 Å². The van der Waals surface area contributed by atoms with Gasteiger partial charge in [0.05, 0.1) is 11.8 Å². The Kier molecular flexibility index (Phi) is 4.93. The van der Waals surface area contributed by atoms with Crippen LogP contribution in [0, 0.1) is 0 Å². The highest BCUT2D eigenvalue weighted by molar-refractivity contribution is 5.97. The van der Waals surface area contributed by atoms with E-state index in [1.165, 1.54) is 18.3 Å². The second-order valence-corrected chi connectivity index (χ2v) is 4.70. The Hall–Kier alpha value is -3.08. The molecule has 0 saturated heterocycles. The summed E-state index contributed by atoms with van der Waals surface area (Å²) >= 11 is 0. The molecule has 112 valence electrons. The van der Waals surface area contributed by atoms with Crippen molar-refractivity contribution >= 4 is 18.2 Å². The van der Waals surface area contributed by atoms with Crippen LogP contribution in [0.15, 0.2) is 59.2 Å². The topological polar surface area (TPSA) is 81.9 Å². The SMILES string of the molecule is CC(=C/c1ccccc1)/C=N/NC(=O)c1ccc(O)cc1O. The number of carbonyl (C=O) groups is 1. The molecule has 0 saturated carbocycles. The number of benzene rings is 2. The highest BCUT2D eigenvalue weighted by Crippen LogP contribution is 2.22. The Morgan fingerprint density at radius 2 is 1.86 bits per heavy atom. The molecular formula is C17H16N2O3. The molecule has 0 bridgehead atoms. The van der Waals surface area contributed by atoms with Crippen LogP contribution >= 0.6 is 0 Å². The molecule has 1 amide bonds. The van der Waals surface area contributed by atoms with Crippen molar-refractivity contribution in [3.8, 4) is 11.5 Å². The molecule has 0 spiro atoms. The summed E-state index contributed by atoms with van der Waals surface area (Å²) in [5, 5.41) is 22.6. The number of hydrogen-bond acceptors (Lipinski definition) is 4. The van der Waals surface area contributed by atoms with Gasteiger partial charge in [-0.15, -0.1) is 0 Å². The van der Waals surface area contributed by atoms with Crippen LogP contribution < -0.4 is 5.43 Å². The number of nitrogens with zero attached hydrogens (tertiary/aromatic N) is 1. The van der Waals surface area contributed by atoms with Crippen LogP contribution in [-0.2, 0) is 0 Å². The third-order valence-electron chi connectivity index (χ3n) is 2.85. The first-order chi connectivity index (χ1) is 10.6. The van der Waals surface area contributed by atoms with Crippen molar-refractivity contribution in [3.63, 3.8) is 0 Å². The lowest BCUT2D eigenvalue weighted by molar-refractivity contribution is 0.0952. The lowest BCUT2D eigenvalue weighted by Gasteiger charge is -2.03. The van der Waals surface area contributed by atoms with Gasteiger partial charge in [-0.1, -0.05) is 36.4 Å². The highest BCUT2D eigenvalue weighted by atomic mass is 16.3. The molecule has 22 heavy (non-hydrogen) atoms. The average molecular weight is 296 g/mol. The number of phenolic OH excluding ortho intramolecular Hbond substituents is 2. The van der Waals surface area contributed by atoms with Crippen LogP contribution in [0.1, 0.15) is 22.8 Å². The largest absolute Gasteiger partial charge is 0.508 e. The summed E-state index contributed by atoms with van der Waals surface area (Å²) in [5.74, 6) is -0.968. The molecule has 0 aliphatic rings. The van der Waals surface area contributed by atoms with Gasteiger partial charge in [-0.3, -0.25) is 4.79 Å². The summed E-state index contributed by atoms with van der Waals surface area (Å²) in [4.78, 5) is 11.8. The van der Waals surface area contributed by atoms with E-state index in [0.717, 1.165) is 17.2 Å². The van der Waals surface area contributed by atoms with Crippen molar-refractivity contribution in [2.24, 2.45) is 5.10 Å². The van der Waals surface area contributed by atoms with E-state index in [1.807, 2.05) is 43.3 Å². The predicted octanol–water partition coefficient (Wildman–Crippen LogP) is 2.92. The van der Waals surface area contributed by atoms with Gasteiger partial charge in [0.2, 0.25) is 0 Å². The van der Waals surface area contributed by atoms with E-state index in [-0.39, 0.29) is 17.1 Å². The number of hydrazone groups is 1. The van der Waals surface area contributed by atoms with E-state index in [4.69, 9.17) is 0 Å². The molecule has 5 heteroatoms. The summed E-state index contributed by atoms with van der Waals surface area (Å²) in [7, 11) is 0. The Morgan fingerprint density at radius 3 is 2.55 bits per heavy atom. The molecule has 0 aromatic heterocycles. The normalized spacial score (nSPS) is 11.6. The van der Waals surface area contributed by atoms with E-state index >= 15 is 0 Å². The van der Waals surface area contributed by atoms with Crippen molar-refractivity contribution < 1.29 is 15.0 Å². The number of phenols is 2. The van der Waals surface area contributed by atoms with E-state index in [2.05, 4.69) is 10.5 Å². The average Bonchev–Trinajstić information content (AvgIpc) is 2.48. The summed E-state index contributed by atoms with van der Waals surface area (Å²) in [6, 6.07) is 13.5. The minimum absolute atomic E-state index is 0.0413. The molecule has 0 fully saturated rings. The van der Waals surface area contributed by atoms with Crippen LogP contribution in [0.3, 0.4) is 0 Å². The molecular weight excluding hydrogens is 280 g/mol. The number of carbonyl (C=O) groups excluding carboxylic acids is 1. The van der Waals surface area contributed by atoms with Gasteiger partial charge < -0.3 is 10.2 Å². The molecule has 0 atom stereocenters. The first-order valence-electron chi connectivity index (χ1n) is 6.65. The second-order valence-electron chi connectivity index (χ2n) is 4.70. The summed E-state index contributed by atoms with van der Waals surface area (Å²) in [5.41, 5.74) is 4.26. The third-order valence-corrected chi connectivity index (χ3v) is 2.85. The lowest BCUT2D eigenvalue weighted by Crippen LogP contribution is -2.17. The zero-order valence-corrected chi connectivity index (χ0v) is 12.0. The maximum Gasteiger partial charge on any atom is 0.275 e. The zero-order valence-electron chi connectivity index (χ0n) is 12.0. The smallest absolute Gasteiger partial charge is 0.275 e. The predicted molar refractivity (Wildman–Crippen MR) is 85.8 cm³/mol. The fourth-order valence-electron chi connectivity index (χ4n) is 1.81. The molecule has 5 nitrogen and oxygen atoms in total. The van der Waals surface area contributed by atoms with Gasteiger partial charge >= 0.3 is 0 Å². The fraction of sp³-hybridized carbons (Fsp3) is 0.0588. The summed E-state index contributed by atoms with van der Waals surface area (Å²) in [6.45, 7) is 1.86. The molecule has 3 N–H and O–H groups in total. The van der Waals surface area contributed by atoms with Gasteiger partial charge in [0, 0.05) is 6.07 Å². The van der Waals surface area contributed by atoms with Crippen molar-refractivity contribution in [1.29, 1.82) is 0 Å². The van der Waals surface area contributed by atoms with Crippen LogP contribution in [-0.4, -0.2) is 22.3 Å². The summed E-state index contributed by atoms with van der Waals surface area (Å²) < 4.78 is 0. The number of rotatable bonds is 4.